The average molecular weight is 608 g/mol. The number of hydrogen-bond acceptors (Lipinski definition) is 8. The first-order chi connectivity index (χ1) is 20.3. The third-order valence-corrected chi connectivity index (χ3v) is 8.85. The quantitative estimate of drug-likeness (QED) is 0.427. The molecule has 0 spiro atoms. The lowest BCUT2D eigenvalue weighted by molar-refractivity contribution is 0.0106. The maximum Gasteiger partial charge on any atom is 0.410 e. The summed E-state index contributed by atoms with van der Waals surface area (Å²) in [5.74, 6) is -0.429. The summed E-state index contributed by atoms with van der Waals surface area (Å²) in [6.07, 6.45) is 0.354. The van der Waals surface area contributed by atoms with E-state index >= 15 is 0 Å². The van der Waals surface area contributed by atoms with Gasteiger partial charge in [-0.05, 0) is 76.8 Å². The molecule has 3 heterocycles. The molecule has 1 unspecified atom stereocenters. The highest BCUT2D eigenvalue weighted by Crippen LogP contribution is 2.31. The summed E-state index contributed by atoms with van der Waals surface area (Å²) in [6, 6.07) is 13.4. The fourth-order valence-electron chi connectivity index (χ4n) is 5.40. The van der Waals surface area contributed by atoms with Crippen LogP contribution in [0.2, 0.25) is 0 Å². The van der Waals surface area contributed by atoms with Crippen molar-refractivity contribution in [2.24, 2.45) is 5.92 Å². The minimum atomic E-state index is -4.12. The van der Waals surface area contributed by atoms with Gasteiger partial charge in [-0.3, -0.25) is 4.79 Å². The van der Waals surface area contributed by atoms with E-state index < -0.39 is 27.6 Å². The summed E-state index contributed by atoms with van der Waals surface area (Å²) in [4.78, 5) is 36.4. The molecule has 43 heavy (non-hydrogen) atoms. The molecule has 1 saturated heterocycles. The number of fused-ring (bicyclic) bond motifs is 4. The second-order valence-corrected chi connectivity index (χ2v) is 13.7. The summed E-state index contributed by atoms with van der Waals surface area (Å²) in [6.45, 7) is 10.5. The Morgan fingerprint density at radius 2 is 1.70 bits per heavy atom. The number of nitrogens with zero attached hydrogens (tertiary/aromatic N) is 3. The first-order valence-corrected chi connectivity index (χ1v) is 15.8. The van der Waals surface area contributed by atoms with Gasteiger partial charge in [0.15, 0.2) is 0 Å². The molecule has 4 bridgehead atoms. The summed E-state index contributed by atoms with van der Waals surface area (Å²) < 4.78 is 41.2. The van der Waals surface area contributed by atoms with Crippen molar-refractivity contribution in [2.75, 3.05) is 24.4 Å². The Bertz CT molecular complexity index is 1620. The van der Waals surface area contributed by atoms with Gasteiger partial charge in [-0.1, -0.05) is 24.3 Å². The molecule has 0 saturated carbocycles. The minimum Gasteiger partial charge on any atom is -0.472 e. The molecule has 5 rings (SSSR count). The summed E-state index contributed by atoms with van der Waals surface area (Å²) >= 11 is 0. The molecule has 2 N–H and O–H groups in total. The van der Waals surface area contributed by atoms with Crippen LogP contribution in [0.25, 0.3) is 11.3 Å². The van der Waals surface area contributed by atoms with E-state index in [1.54, 1.807) is 17.0 Å². The number of sulfonamides is 1. The Labute approximate surface area is 252 Å². The molecule has 12 heteroatoms. The lowest BCUT2D eigenvalue weighted by Gasteiger charge is -2.36. The molecule has 11 nitrogen and oxygen atoms in total. The van der Waals surface area contributed by atoms with Gasteiger partial charge in [-0.15, -0.1) is 0 Å². The van der Waals surface area contributed by atoms with Gasteiger partial charge in [0, 0.05) is 36.2 Å². The van der Waals surface area contributed by atoms with Gasteiger partial charge in [0.1, 0.15) is 11.7 Å². The minimum absolute atomic E-state index is 0.0331. The van der Waals surface area contributed by atoms with Gasteiger partial charge in [0.2, 0.25) is 11.8 Å². The van der Waals surface area contributed by atoms with Crippen LogP contribution in [0, 0.1) is 19.8 Å². The van der Waals surface area contributed by atoms with Crippen LogP contribution in [0.3, 0.4) is 0 Å². The predicted octanol–water partition coefficient (Wildman–Crippen LogP) is 4.70. The van der Waals surface area contributed by atoms with Gasteiger partial charge in [0.25, 0.3) is 15.9 Å². The van der Waals surface area contributed by atoms with Crippen molar-refractivity contribution in [2.45, 2.75) is 64.1 Å². The first kappa shape index (κ1) is 30.3. The fourth-order valence-corrected chi connectivity index (χ4v) is 6.39. The van der Waals surface area contributed by atoms with Gasteiger partial charge in [0.05, 0.1) is 17.1 Å². The van der Waals surface area contributed by atoms with E-state index in [1.165, 1.54) is 18.2 Å². The third-order valence-electron chi connectivity index (χ3n) is 7.53. The molecule has 228 valence electrons. The zero-order valence-electron chi connectivity index (χ0n) is 25.0. The maximum atomic E-state index is 13.3. The SMILES string of the molecule is Cc1cccc(C)c1-c1cc2nc(n1)NS(=O)(=O)c1cccc(c1)C(=O)NCC(C1CCN(C(=O)OC(C)(C)C)CC1)O2. The molecule has 2 amide bonds. The largest absolute Gasteiger partial charge is 0.472 e. The van der Waals surface area contributed by atoms with Crippen LogP contribution in [0.4, 0.5) is 10.7 Å². The number of anilines is 1. The van der Waals surface area contributed by atoms with Crippen molar-refractivity contribution in [3.63, 3.8) is 0 Å². The first-order valence-electron chi connectivity index (χ1n) is 14.3. The van der Waals surface area contributed by atoms with Crippen molar-refractivity contribution in [1.29, 1.82) is 0 Å². The highest BCUT2D eigenvalue weighted by molar-refractivity contribution is 7.92. The number of carbonyl (C=O) groups excluding carboxylic acids is 2. The molecule has 2 aliphatic heterocycles. The highest BCUT2D eigenvalue weighted by atomic mass is 32.2. The summed E-state index contributed by atoms with van der Waals surface area (Å²) in [5, 5.41) is 2.91. The van der Waals surface area contributed by atoms with E-state index in [-0.39, 0.29) is 40.8 Å². The van der Waals surface area contributed by atoms with Crippen LogP contribution < -0.4 is 14.8 Å². The van der Waals surface area contributed by atoms with Gasteiger partial charge in [-0.25, -0.2) is 22.9 Å². The Kier molecular flexibility index (Phi) is 8.33. The van der Waals surface area contributed by atoms with Gasteiger partial charge < -0.3 is 19.7 Å². The van der Waals surface area contributed by atoms with E-state index in [0.717, 1.165) is 16.7 Å². The topological polar surface area (TPSA) is 140 Å². The standard InChI is InChI=1S/C31H37N5O6S/c1-19-8-6-9-20(2)27(19)24-17-26-34-29(33-24)35-43(39,40)23-11-7-10-22(16-23)28(37)32-18-25(41-26)21-12-14-36(15-13-21)30(38)42-31(3,4)5/h6-11,16-17,21,25H,12-15,18H2,1-5H3,(H,32,37)(H,33,34,35). The maximum absolute atomic E-state index is 13.3. The third kappa shape index (κ3) is 7.07. The van der Waals surface area contributed by atoms with E-state index in [4.69, 9.17) is 9.47 Å². The number of amides is 2. The van der Waals surface area contributed by atoms with E-state index in [1.807, 2.05) is 52.8 Å². The monoisotopic (exact) mass is 607 g/mol. The number of ether oxygens (including phenoxy) is 2. The Morgan fingerprint density at radius 1 is 1.02 bits per heavy atom. The van der Waals surface area contributed by atoms with Crippen LogP contribution >= 0.6 is 0 Å². The molecular weight excluding hydrogens is 570 g/mol. The molecule has 2 aromatic carbocycles. The van der Waals surface area contributed by atoms with Crippen molar-refractivity contribution < 1.29 is 27.5 Å². The average Bonchev–Trinajstić information content (AvgIpc) is 2.94. The second-order valence-electron chi connectivity index (χ2n) is 12.0. The lowest BCUT2D eigenvalue weighted by atomic mass is 9.91. The highest BCUT2D eigenvalue weighted by Gasteiger charge is 2.33. The number of aromatic nitrogens is 2. The molecule has 0 radical (unpaired) electrons. The number of benzene rings is 2. The van der Waals surface area contributed by atoms with Crippen LogP contribution in [0.15, 0.2) is 53.4 Å². The van der Waals surface area contributed by atoms with E-state index in [9.17, 15) is 18.0 Å². The second kappa shape index (κ2) is 11.8. The molecule has 3 aromatic rings. The van der Waals surface area contributed by atoms with Gasteiger partial charge in [-0.2, -0.15) is 4.98 Å². The summed E-state index contributed by atoms with van der Waals surface area (Å²) in [5.41, 5.74) is 2.88. The number of carbonyl (C=O) groups is 2. The van der Waals surface area contributed by atoms with Crippen LogP contribution in [-0.2, 0) is 14.8 Å². The zero-order chi connectivity index (χ0) is 30.9. The predicted molar refractivity (Wildman–Crippen MR) is 161 cm³/mol. The Morgan fingerprint density at radius 3 is 2.37 bits per heavy atom. The molecule has 2 aliphatic rings. The molecule has 1 aromatic heterocycles. The van der Waals surface area contributed by atoms with Gasteiger partial charge >= 0.3 is 6.09 Å². The number of likely N-dealkylation sites (tertiary alicyclic amines) is 1. The van der Waals surface area contributed by atoms with Crippen molar-refractivity contribution in [1.82, 2.24) is 20.2 Å². The summed E-state index contributed by atoms with van der Waals surface area (Å²) in [7, 11) is -4.12. The molecule has 1 atom stereocenters. The Hall–Kier alpha value is -4.19. The number of hydrogen-bond donors (Lipinski definition) is 2. The smallest absolute Gasteiger partial charge is 0.410 e. The van der Waals surface area contributed by atoms with E-state index in [2.05, 4.69) is 20.0 Å². The molecule has 1 fully saturated rings. The number of rotatable bonds is 2. The fraction of sp³-hybridized carbons (Fsp3) is 0.419. The van der Waals surface area contributed by atoms with Crippen molar-refractivity contribution >= 4 is 28.0 Å². The van der Waals surface area contributed by atoms with Crippen molar-refractivity contribution in [3.8, 4) is 17.1 Å². The number of piperidine rings is 1. The molecule has 0 aliphatic carbocycles. The van der Waals surface area contributed by atoms with Crippen LogP contribution in [-0.4, -0.2) is 66.6 Å². The van der Waals surface area contributed by atoms with Crippen LogP contribution in [0.5, 0.6) is 5.88 Å². The van der Waals surface area contributed by atoms with E-state index in [0.29, 0.717) is 31.6 Å². The normalized spacial score (nSPS) is 19.0. The molecular formula is C31H37N5O6S. The number of aryl methyl sites for hydroxylation is 2. The Balaban J connectivity index is 1.52. The van der Waals surface area contributed by atoms with Crippen LogP contribution in [0.1, 0.15) is 55.1 Å². The number of nitrogens with one attached hydrogen (secondary N) is 2. The zero-order valence-corrected chi connectivity index (χ0v) is 25.8. The lowest BCUT2D eigenvalue weighted by Crippen LogP contribution is -2.47. The van der Waals surface area contributed by atoms with Crippen molar-refractivity contribution in [3.05, 3.63) is 65.2 Å².